The normalized spacial score (nSPS) is 11.8. The smallest absolute Gasteiger partial charge is 0.411 e. The van der Waals surface area contributed by atoms with Gasteiger partial charge in [0.25, 0.3) is 0 Å². The van der Waals surface area contributed by atoms with Crippen LogP contribution in [0.25, 0.3) is 0 Å². The van der Waals surface area contributed by atoms with E-state index in [2.05, 4.69) is 5.32 Å². The first-order valence-electron chi connectivity index (χ1n) is 6.02. The van der Waals surface area contributed by atoms with E-state index in [0.29, 0.717) is 22.7 Å². The maximum absolute atomic E-state index is 12.3. The lowest BCUT2D eigenvalue weighted by Gasteiger charge is -2.13. The highest BCUT2D eigenvalue weighted by Crippen LogP contribution is 2.25. The number of carbonyl (C=O) groups is 2. The Morgan fingerprint density at radius 3 is 2.80 bits per heavy atom. The molecule has 1 aromatic carbocycles. The van der Waals surface area contributed by atoms with Gasteiger partial charge in [-0.25, -0.2) is 4.79 Å². The summed E-state index contributed by atoms with van der Waals surface area (Å²) in [5.41, 5.74) is 0.649. The van der Waals surface area contributed by atoms with Gasteiger partial charge in [0.2, 0.25) is 0 Å². The van der Waals surface area contributed by atoms with Crippen LogP contribution in [0.2, 0.25) is 5.02 Å². The van der Waals surface area contributed by atoms with Crippen molar-refractivity contribution >= 4 is 51.8 Å². The van der Waals surface area contributed by atoms with Gasteiger partial charge in [0.1, 0.15) is 0 Å². The van der Waals surface area contributed by atoms with Crippen molar-refractivity contribution in [3.05, 3.63) is 28.8 Å². The minimum absolute atomic E-state index is 0.0758. The number of aliphatic hydroxyl groups is 1. The van der Waals surface area contributed by atoms with Gasteiger partial charge in [-0.2, -0.15) is 0 Å². The molecule has 0 saturated carbocycles. The second kappa shape index (κ2) is 8.43. The summed E-state index contributed by atoms with van der Waals surface area (Å²) in [7, 11) is 0. The van der Waals surface area contributed by atoms with Gasteiger partial charge < -0.3 is 9.84 Å². The van der Waals surface area contributed by atoms with Gasteiger partial charge in [0.15, 0.2) is 5.78 Å². The summed E-state index contributed by atoms with van der Waals surface area (Å²) < 4.78 is 4.41. The summed E-state index contributed by atoms with van der Waals surface area (Å²) in [6.45, 7) is 1.84. The van der Waals surface area contributed by atoms with Crippen molar-refractivity contribution in [1.29, 1.82) is 0 Å². The lowest BCUT2D eigenvalue weighted by molar-refractivity contribution is 0.0985. The van der Waals surface area contributed by atoms with Crippen molar-refractivity contribution in [2.75, 3.05) is 18.5 Å². The molecule has 1 unspecified atom stereocenters. The Morgan fingerprint density at radius 1 is 1.50 bits per heavy atom. The van der Waals surface area contributed by atoms with Crippen LogP contribution in [-0.2, 0) is 4.74 Å². The first-order chi connectivity index (χ1) is 9.49. The molecule has 110 valence electrons. The highest BCUT2D eigenvalue weighted by molar-refractivity contribution is 14.1. The monoisotopic (exact) mass is 411 g/mol. The fourth-order valence-corrected chi connectivity index (χ4v) is 2.31. The summed E-state index contributed by atoms with van der Waals surface area (Å²) in [6, 6.07) is 4.62. The second-order valence-electron chi connectivity index (χ2n) is 3.88. The van der Waals surface area contributed by atoms with E-state index in [-0.39, 0.29) is 22.9 Å². The molecule has 0 aliphatic heterocycles. The maximum Gasteiger partial charge on any atom is 0.411 e. The molecule has 2 N–H and O–H groups in total. The molecule has 0 aliphatic carbocycles. The van der Waals surface area contributed by atoms with Crippen LogP contribution in [0.15, 0.2) is 18.2 Å². The number of aliphatic hydroxyl groups excluding tert-OH is 1. The molecule has 0 heterocycles. The van der Waals surface area contributed by atoms with E-state index in [1.807, 2.05) is 22.6 Å². The Balaban J connectivity index is 3.00. The fraction of sp³-hybridized carbons (Fsp3) is 0.385. The largest absolute Gasteiger partial charge is 0.450 e. The Labute approximate surface area is 135 Å². The fourth-order valence-electron chi connectivity index (χ4n) is 1.53. The Bertz CT molecular complexity index is 495. The molecule has 5 nitrogen and oxygen atoms in total. The number of carbonyl (C=O) groups excluding carboxylic acids is 2. The molecular formula is C13H15ClINO4. The summed E-state index contributed by atoms with van der Waals surface area (Å²) in [6.07, 6.45) is -0.295. The number of Topliss-reactive ketones (excluding diaryl/α,β-unsaturated/α-hetero) is 1. The summed E-state index contributed by atoms with van der Waals surface area (Å²) in [4.78, 5) is 23.7. The molecule has 1 amide bonds. The Morgan fingerprint density at radius 2 is 2.20 bits per heavy atom. The molecule has 7 heteroatoms. The first-order valence-corrected chi connectivity index (χ1v) is 7.64. The van der Waals surface area contributed by atoms with E-state index in [4.69, 9.17) is 21.4 Å². The van der Waals surface area contributed by atoms with Gasteiger partial charge in [0.05, 0.1) is 16.2 Å². The number of amides is 1. The van der Waals surface area contributed by atoms with E-state index in [1.54, 1.807) is 19.1 Å². The third-order valence-corrected chi connectivity index (χ3v) is 3.85. The third kappa shape index (κ3) is 4.92. The second-order valence-corrected chi connectivity index (χ2v) is 5.82. The van der Waals surface area contributed by atoms with Gasteiger partial charge in [0, 0.05) is 17.2 Å². The van der Waals surface area contributed by atoms with Crippen LogP contribution in [0, 0.1) is 0 Å². The topological polar surface area (TPSA) is 75.6 Å². The molecule has 20 heavy (non-hydrogen) atoms. The van der Waals surface area contributed by atoms with E-state index in [0.717, 1.165) is 0 Å². The minimum Gasteiger partial charge on any atom is -0.450 e. The zero-order chi connectivity index (χ0) is 15.1. The van der Waals surface area contributed by atoms with Crippen LogP contribution < -0.4 is 5.32 Å². The zero-order valence-corrected chi connectivity index (χ0v) is 13.8. The molecule has 1 atom stereocenters. The van der Waals surface area contributed by atoms with Gasteiger partial charge in [-0.05, 0) is 31.5 Å². The molecule has 1 aromatic rings. The predicted molar refractivity (Wildman–Crippen MR) is 85.9 cm³/mol. The number of halogens is 2. The van der Waals surface area contributed by atoms with Gasteiger partial charge >= 0.3 is 6.09 Å². The van der Waals surface area contributed by atoms with Crippen molar-refractivity contribution in [1.82, 2.24) is 0 Å². The molecule has 0 fully saturated rings. The van der Waals surface area contributed by atoms with Crippen LogP contribution in [0.1, 0.15) is 23.7 Å². The molecular weight excluding hydrogens is 397 g/mol. The number of ether oxygens (including phenoxy) is 1. The van der Waals surface area contributed by atoms with E-state index in [1.165, 1.54) is 6.07 Å². The molecule has 0 saturated heterocycles. The molecule has 0 aromatic heterocycles. The number of ketones is 1. The lowest BCUT2D eigenvalue weighted by Crippen LogP contribution is -2.20. The Hall–Kier alpha value is -0.860. The molecule has 0 spiro atoms. The highest BCUT2D eigenvalue weighted by Gasteiger charge is 2.20. The predicted octanol–water partition coefficient (Wildman–Crippen LogP) is 3.28. The summed E-state index contributed by atoms with van der Waals surface area (Å²) in [5, 5.41) is 11.8. The summed E-state index contributed by atoms with van der Waals surface area (Å²) >= 11 is 7.84. The number of rotatable bonds is 6. The lowest BCUT2D eigenvalue weighted by atomic mass is 10.0. The average molecular weight is 412 g/mol. The maximum atomic E-state index is 12.3. The summed E-state index contributed by atoms with van der Waals surface area (Å²) in [5.74, 6) is -0.178. The molecule has 1 rings (SSSR count). The first kappa shape index (κ1) is 17.2. The standard InChI is InChI=1S/C13H15ClINO4/c1-2-20-13(19)16-11-7-8(14)3-4-9(11)12(18)10(15)5-6-17/h3-4,7,10,17H,2,5-6H2,1H3,(H,16,19). The van der Waals surface area contributed by atoms with Crippen LogP contribution in [-0.4, -0.2) is 34.1 Å². The third-order valence-electron chi connectivity index (χ3n) is 2.43. The molecule has 0 bridgehead atoms. The quantitative estimate of drug-likeness (QED) is 0.428. The van der Waals surface area contributed by atoms with Gasteiger partial charge in [-0.1, -0.05) is 34.2 Å². The average Bonchev–Trinajstić information content (AvgIpc) is 2.38. The van der Waals surface area contributed by atoms with Crippen LogP contribution in [0.3, 0.4) is 0 Å². The number of benzene rings is 1. The van der Waals surface area contributed by atoms with Crippen LogP contribution >= 0.6 is 34.2 Å². The van der Waals surface area contributed by atoms with E-state index in [9.17, 15) is 9.59 Å². The zero-order valence-electron chi connectivity index (χ0n) is 10.9. The van der Waals surface area contributed by atoms with Crippen LogP contribution in [0.4, 0.5) is 10.5 Å². The number of hydrogen-bond donors (Lipinski definition) is 2. The number of nitrogens with one attached hydrogen (secondary N) is 1. The van der Waals surface area contributed by atoms with Crippen molar-refractivity contribution in [2.45, 2.75) is 17.3 Å². The van der Waals surface area contributed by atoms with Crippen molar-refractivity contribution in [3.8, 4) is 0 Å². The number of anilines is 1. The number of alkyl halides is 1. The van der Waals surface area contributed by atoms with E-state index >= 15 is 0 Å². The molecule has 0 aliphatic rings. The van der Waals surface area contributed by atoms with Gasteiger partial charge in [-0.3, -0.25) is 10.1 Å². The SMILES string of the molecule is CCOC(=O)Nc1cc(Cl)ccc1C(=O)C(I)CCO. The van der Waals surface area contributed by atoms with Crippen molar-refractivity contribution in [3.63, 3.8) is 0 Å². The number of hydrogen-bond acceptors (Lipinski definition) is 4. The minimum atomic E-state index is -0.643. The van der Waals surface area contributed by atoms with Crippen LogP contribution in [0.5, 0.6) is 0 Å². The Kier molecular flexibility index (Phi) is 7.25. The van der Waals surface area contributed by atoms with E-state index < -0.39 is 6.09 Å². The van der Waals surface area contributed by atoms with Crippen molar-refractivity contribution < 1.29 is 19.4 Å². The van der Waals surface area contributed by atoms with Gasteiger partial charge in [-0.15, -0.1) is 0 Å². The highest BCUT2D eigenvalue weighted by atomic mass is 127. The van der Waals surface area contributed by atoms with Crippen molar-refractivity contribution in [2.24, 2.45) is 0 Å². The molecule has 0 radical (unpaired) electrons.